The molecule has 5 nitrogen and oxygen atoms in total. The lowest BCUT2D eigenvalue weighted by Gasteiger charge is -2.05. The quantitative estimate of drug-likeness (QED) is 0.346. The van der Waals surface area contributed by atoms with Gasteiger partial charge in [-0.3, -0.25) is 4.57 Å². The third-order valence-electron chi connectivity index (χ3n) is 5.81. The van der Waals surface area contributed by atoms with Crippen molar-refractivity contribution in [3.05, 3.63) is 85.5 Å². The van der Waals surface area contributed by atoms with Crippen LogP contribution in [-0.2, 0) is 0 Å². The first-order chi connectivity index (χ1) is 14.9. The molecule has 0 aliphatic rings. The molecule has 0 atom stereocenters. The van der Waals surface area contributed by atoms with Crippen LogP contribution in [0.2, 0.25) is 0 Å². The summed E-state index contributed by atoms with van der Waals surface area (Å²) < 4.78 is 8.27. The first kappa shape index (κ1) is 15.6. The summed E-state index contributed by atoms with van der Waals surface area (Å²) in [5, 5.41) is 6.82. The number of hydrogen-bond acceptors (Lipinski definition) is 4. The second kappa shape index (κ2) is 5.64. The van der Waals surface area contributed by atoms with Gasteiger partial charge in [-0.05, 0) is 41.1 Å². The zero-order valence-corrected chi connectivity index (χ0v) is 15.8. The maximum absolute atomic E-state index is 6.16. The van der Waals surface area contributed by atoms with E-state index in [-0.39, 0.29) is 0 Å². The van der Waals surface area contributed by atoms with E-state index in [1.165, 1.54) is 23.4 Å². The van der Waals surface area contributed by atoms with Gasteiger partial charge in [0.15, 0.2) is 0 Å². The Labute approximate surface area is 170 Å². The number of fused-ring (bicyclic) bond motifs is 7. The molecule has 0 bridgehead atoms. The molecule has 5 heteroatoms. The molecule has 0 aliphatic carbocycles. The van der Waals surface area contributed by atoms with Crippen LogP contribution in [0.15, 0.2) is 89.9 Å². The molecule has 4 aromatic carbocycles. The number of nitrogens with zero attached hydrogens (tertiary/aromatic N) is 4. The number of rotatable bonds is 1. The molecule has 0 unspecified atom stereocenters. The first-order valence-corrected chi connectivity index (χ1v) is 9.77. The minimum Gasteiger partial charge on any atom is -0.456 e. The summed E-state index contributed by atoms with van der Waals surface area (Å²) in [5.74, 6) is 0.604. The Morgan fingerprint density at radius 2 is 1.30 bits per heavy atom. The maximum Gasteiger partial charge on any atom is 0.237 e. The van der Waals surface area contributed by atoms with E-state index in [4.69, 9.17) is 4.42 Å². The molecular formula is C25H14N4O. The fourth-order valence-electron chi connectivity index (χ4n) is 4.48. The third-order valence-corrected chi connectivity index (χ3v) is 5.81. The van der Waals surface area contributed by atoms with E-state index < -0.39 is 0 Å². The van der Waals surface area contributed by atoms with Gasteiger partial charge >= 0.3 is 0 Å². The molecule has 0 spiro atoms. The Morgan fingerprint density at radius 1 is 0.600 bits per heavy atom. The monoisotopic (exact) mass is 386 g/mol. The standard InChI is InChI=1S/C25H14N4O/c1-2-6-16-10-21-18(9-15(16)5-1)19-12-24-20(17-7-3-4-8-23(17)30-24)11-22(19)29(21)25-27-13-26-14-28-25/h1-14H. The molecule has 0 fully saturated rings. The maximum atomic E-state index is 6.16. The summed E-state index contributed by atoms with van der Waals surface area (Å²) in [6.45, 7) is 0. The van der Waals surface area contributed by atoms with Crippen molar-refractivity contribution >= 4 is 54.5 Å². The number of aromatic nitrogens is 4. The highest BCUT2D eigenvalue weighted by atomic mass is 16.3. The Hall–Kier alpha value is -4.25. The van der Waals surface area contributed by atoms with Gasteiger partial charge in [0.1, 0.15) is 23.8 Å². The Kier molecular flexibility index (Phi) is 2.94. The topological polar surface area (TPSA) is 56.7 Å². The van der Waals surface area contributed by atoms with Crippen molar-refractivity contribution in [2.24, 2.45) is 0 Å². The summed E-state index contributed by atoms with van der Waals surface area (Å²) in [6, 6.07) is 25.3. The molecule has 7 rings (SSSR count). The van der Waals surface area contributed by atoms with Gasteiger partial charge in [-0.2, -0.15) is 0 Å². The van der Waals surface area contributed by atoms with E-state index in [0.29, 0.717) is 5.95 Å². The highest BCUT2D eigenvalue weighted by Gasteiger charge is 2.18. The van der Waals surface area contributed by atoms with Gasteiger partial charge in [0.25, 0.3) is 0 Å². The summed E-state index contributed by atoms with van der Waals surface area (Å²) in [5.41, 5.74) is 3.88. The molecule has 7 aromatic rings. The van der Waals surface area contributed by atoms with E-state index in [2.05, 4.69) is 74.1 Å². The van der Waals surface area contributed by atoms with E-state index in [9.17, 15) is 0 Å². The molecule has 3 aromatic heterocycles. The lowest BCUT2D eigenvalue weighted by molar-refractivity contribution is 0.669. The summed E-state index contributed by atoms with van der Waals surface area (Å²) >= 11 is 0. The molecule has 0 aliphatic heterocycles. The Bertz CT molecular complexity index is 1750. The van der Waals surface area contributed by atoms with Crippen LogP contribution in [0, 0.1) is 0 Å². The van der Waals surface area contributed by atoms with Gasteiger partial charge in [0.2, 0.25) is 5.95 Å². The molecule has 0 saturated carbocycles. The summed E-state index contributed by atoms with van der Waals surface area (Å²) in [6.07, 6.45) is 3.07. The van der Waals surface area contributed by atoms with Gasteiger partial charge < -0.3 is 4.42 Å². The smallest absolute Gasteiger partial charge is 0.237 e. The van der Waals surface area contributed by atoms with Crippen molar-refractivity contribution in [3.63, 3.8) is 0 Å². The summed E-state index contributed by atoms with van der Waals surface area (Å²) in [4.78, 5) is 12.9. The van der Waals surface area contributed by atoms with Crippen LogP contribution in [-0.4, -0.2) is 19.5 Å². The number of para-hydroxylation sites is 1. The molecular weight excluding hydrogens is 372 g/mol. The van der Waals surface area contributed by atoms with E-state index in [1.807, 2.05) is 18.2 Å². The zero-order valence-electron chi connectivity index (χ0n) is 15.8. The van der Waals surface area contributed by atoms with E-state index >= 15 is 0 Å². The first-order valence-electron chi connectivity index (χ1n) is 9.77. The Morgan fingerprint density at radius 3 is 2.17 bits per heavy atom. The molecule has 140 valence electrons. The van der Waals surface area contributed by atoms with Crippen molar-refractivity contribution in [3.8, 4) is 5.95 Å². The molecule has 0 N–H and O–H groups in total. The number of benzene rings is 4. The van der Waals surface area contributed by atoms with Gasteiger partial charge in [-0.25, -0.2) is 15.0 Å². The highest BCUT2D eigenvalue weighted by molar-refractivity contribution is 6.18. The van der Waals surface area contributed by atoms with Crippen LogP contribution in [0.3, 0.4) is 0 Å². The van der Waals surface area contributed by atoms with Crippen molar-refractivity contribution in [1.29, 1.82) is 0 Å². The average molecular weight is 386 g/mol. The highest BCUT2D eigenvalue weighted by Crippen LogP contribution is 2.38. The largest absolute Gasteiger partial charge is 0.456 e. The van der Waals surface area contributed by atoms with Gasteiger partial charge in [0, 0.05) is 21.5 Å². The van der Waals surface area contributed by atoms with Crippen LogP contribution in [0.1, 0.15) is 0 Å². The van der Waals surface area contributed by atoms with Crippen LogP contribution >= 0.6 is 0 Å². The number of hydrogen-bond donors (Lipinski definition) is 0. The SMILES string of the molecule is c1ccc2cc3c(cc2c1)c1cc2oc4ccccc4c2cc1n3-c1ncncn1. The molecule has 0 saturated heterocycles. The molecule has 0 amide bonds. The fourth-order valence-corrected chi connectivity index (χ4v) is 4.48. The van der Waals surface area contributed by atoms with Crippen molar-refractivity contribution in [2.75, 3.05) is 0 Å². The van der Waals surface area contributed by atoms with Gasteiger partial charge in [-0.15, -0.1) is 0 Å². The predicted molar refractivity (Wildman–Crippen MR) is 119 cm³/mol. The summed E-state index contributed by atoms with van der Waals surface area (Å²) in [7, 11) is 0. The lowest BCUT2D eigenvalue weighted by Crippen LogP contribution is -2.00. The minimum atomic E-state index is 0.604. The van der Waals surface area contributed by atoms with Crippen LogP contribution in [0.5, 0.6) is 0 Å². The van der Waals surface area contributed by atoms with E-state index in [0.717, 1.165) is 43.7 Å². The van der Waals surface area contributed by atoms with Crippen molar-refractivity contribution in [2.45, 2.75) is 0 Å². The zero-order chi connectivity index (χ0) is 19.7. The van der Waals surface area contributed by atoms with Crippen molar-refractivity contribution < 1.29 is 4.42 Å². The van der Waals surface area contributed by atoms with Crippen molar-refractivity contribution in [1.82, 2.24) is 19.5 Å². The normalized spacial score (nSPS) is 12.0. The fraction of sp³-hybridized carbons (Fsp3) is 0. The average Bonchev–Trinajstić information content (AvgIpc) is 3.31. The van der Waals surface area contributed by atoms with Gasteiger partial charge in [0.05, 0.1) is 11.0 Å². The lowest BCUT2D eigenvalue weighted by atomic mass is 10.1. The van der Waals surface area contributed by atoms with Crippen LogP contribution in [0.4, 0.5) is 0 Å². The molecule has 30 heavy (non-hydrogen) atoms. The second-order valence-electron chi connectivity index (χ2n) is 7.45. The van der Waals surface area contributed by atoms with Gasteiger partial charge in [-0.1, -0.05) is 42.5 Å². The predicted octanol–water partition coefficient (Wildman–Crippen LogP) is 6.02. The second-order valence-corrected chi connectivity index (χ2v) is 7.45. The van der Waals surface area contributed by atoms with Crippen LogP contribution < -0.4 is 0 Å². The minimum absolute atomic E-state index is 0.604. The van der Waals surface area contributed by atoms with E-state index in [1.54, 1.807) is 0 Å². The third kappa shape index (κ3) is 2.03. The molecule has 0 radical (unpaired) electrons. The van der Waals surface area contributed by atoms with Crippen LogP contribution in [0.25, 0.3) is 60.5 Å². The Balaban J connectivity index is 1.73. The molecule has 3 heterocycles. The number of furan rings is 1.